The highest BCUT2D eigenvalue weighted by Gasteiger charge is 1.96. The van der Waals surface area contributed by atoms with Gasteiger partial charge in [-0.15, -0.1) is 0 Å². The number of aromatic nitrogens is 1. The Morgan fingerprint density at radius 3 is 3.00 bits per heavy atom. The normalized spacial score (nSPS) is 10.3. The van der Waals surface area contributed by atoms with E-state index in [0.29, 0.717) is 5.92 Å². The molecular formula is C7H11NOS. The SMILES string of the molecule is CC(C)COc1cnsc1. The maximum Gasteiger partial charge on any atom is 0.149 e. The molecule has 56 valence electrons. The average Bonchev–Trinajstić information content (AvgIpc) is 2.34. The predicted molar refractivity (Wildman–Crippen MR) is 42.4 cm³/mol. The number of ether oxygens (including phenoxy) is 1. The van der Waals surface area contributed by atoms with Crippen molar-refractivity contribution < 1.29 is 4.74 Å². The van der Waals surface area contributed by atoms with Gasteiger partial charge in [-0.25, -0.2) is 0 Å². The number of rotatable bonds is 3. The second-order valence-electron chi connectivity index (χ2n) is 2.56. The van der Waals surface area contributed by atoms with Gasteiger partial charge in [0.05, 0.1) is 18.2 Å². The molecule has 1 heterocycles. The summed E-state index contributed by atoms with van der Waals surface area (Å²) in [5, 5.41) is 1.91. The Hall–Kier alpha value is -0.570. The first kappa shape index (κ1) is 7.54. The fourth-order valence-electron chi connectivity index (χ4n) is 0.529. The predicted octanol–water partition coefficient (Wildman–Crippen LogP) is 2.18. The number of hydrogen-bond donors (Lipinski definition) is 0. The van der Waals surface area contributed by atoms with Crippen molar-refractivity contribution in [2.45, 2.75) is 13.8 Å². The molecule has 0 saturated carbocycles. The highest BCUT2D eigenvalue weighted by molar-refractivity contribution is 7.03. The standard InChI is InChI=1S/C7H11NOS/c1-6(2)4-9-7-3-8-10-5-7/h3,5-6H,4H2,1-2H3. The molecular weight excluding hydrogens is 146 g/mol. The van der Waals surface area contributed by atoms with Gasteiger partial charge in [0.2, 0.25) is 0 Å². The minimum absolute atomic E-state index is 0.583. The molecule has 0 N–H and O–H groups in total. The van der Waals surface area contributed by atoms with Crippen LogP contribution in [0.15, 0.2) is 11.6 Å². The van der Waals surface area contributed by atoms with E-state index in [1.807, 2.05) is 5.38 Å². The molecule has 0 aliphatic rings. The van der Waals surface area contributed by atoms with Crippen LogP contribution in [0.2, 0.25) is 0 Å². The van der Waals surface area contributed by atoms with E-state index in [2.05, 4.69) is 18.2 Å². The summed E-state index contributed by atoms with van der Waals surface area (Å²) in [5.74, 6) is 1.47. The monoisotopic (exact) mass is 157 g/mol. The van der Waals surface area contributed by atoms with E-state index >= 15 is 0 Å². The van der Waals surface area contributed by atoms with Gasteiger partial charge in [-0.3, -0.25) is 0 Å². The first-order valence-electron chi connectivity index (χ1n) is 3.31. The molecule has 0 fully saturated rings. The summed E-state index contributed by atoms with van der Waals surface area (Å²) in [6.45, 7) is 5.03. The van der Waals surface area contributed by atoms with Crippen LogP contribution < -0.4 is 4.74 Å². The maximum absolute atomic E-state index is 5.36. The first-order valence-corrected chi connectivity index (χ1v) is 4.15. The molecule has 1 aromatic heterocycles. The Labute approximate surface area is 65.0 Å². The van der Waals surface area contributed by atoms with Crippen LogP contribution in [-0.4, -0.2) is 11.0 Å². The van der Waals surface area contributed by atoms with Gasteiger partial charge in [0.1, 0.15) is 5.75 Å². The van der Waals surface area contributed by atoms with Crippen LogP contribution in [0.1, 0.15) is 13.8 Å². The highest BCUT2D eigenvalue weighted by Crippen LogP contribution is 2.11. The van der Waals surface area contributed by atoms with Crippen molar-refractivity contribution in [3.63, 3.8) is 0 Å². The van der Waals surface area contributed by atoms with Gasteiger partial charge in [0.25, 0.3) is 0 Å². The highest BCUT2D eigenvalue weighted by atomic mass is 32.1. The van der Waals surface area contributed by atoms with Crippen LogP contribution in [0.3, 0.4) is 0 Å². The minimum Gasteiger partial charge on any atom is -0.491 e. The second kappa shape index (κ2) is 3.56. The molecule has 0 aromatic carbocycles. The molecule has 0 bridgehead atoms. The molecule has 1 aromatic rings. The molecule has 0 amide bonds. The van der Waals surface area contributed by atoms with Gasteiger partial charge in [-0.2, -0.15) is 4.37 Å². The second-order valence-corrected chi connectivity index (χ2v) is 3.22. The largest absolute Gasteiger partial charge is 0.491 e. The third-order valence-corrected chi connectivity index (χ3v) is 1.56. The topological polar surface area (TPSA) is 22.1 Å². The van der Waals surface area contributed by atoms with Crippen molar-refractivity contribution in [2.24, 2.45) is 5.92 Å². The zero-order valence-electron chi connectivity index (χ0n) is 6.20. The lowest BCUT2D eigenvalue weighted by Crippen LogP contribution is -2.03. The van der Waals surface area contributed by atoms with E-state index in [9.17, 15) is 0 Å². The molecule has 0 unspecified atom stereocenters. The average molecular weight is 157 g/mol. The molecule has 3 heteroatoms. The third kappa shape index (κ3) is 2.35. The molecule has 1 rings (SSSR count). The number of nitrogens with zero attached hydrogens (tertiary/aromatic N) is 1. The van der Waals surface area contributed by atoms with E-state index in [4.69, 9.17) is 4.74 Å². The van der Waals surface area contributed by atoms with Crippen LogP contribution in [0.4, 0.5) is 0 Å². The van der Waals surface area contributed by atoms with E-state index in [1.54, 1.807) is 6.20 Å². The van der Waals surface area contributed by atoms with Gasteiger partial charge in [0, 0.05) is 0 Å². The Morgan fingerprint density at radius 2 is 2.50 bits per heavy atom. The zero-order chi connectivity index (χ0) is 7.40. The Kier molecular flexibility index (Phi) is 2.68. The lowest BCUT2D eigenvalue weighted by atomic mass is 10.2. The summed E-state index contributed by atoms with van der Waals surface area (Å²) in [6.07, 6.45) is 1.74. The minimum atomic E-state index is 0.583. The summed E-state index contributed by atoms with van der Waals surface area (Å²) in [4.78, 5) is 0. The van der Waals surface area contributed by atoms with Crippen molar-refractivity contribution in [3.8, 4) is 5.75 Å². The molecule has 0 radical (unpaired) electrons. The van der Waals surface area contributed by atoms with E-state index in [0.717, 1.165) is 12.4 Å². The summed E-state index contributed by atoms with van der Waals surface area (Å²) in [5.41, 5.74) is 0. The molecule has 0 aliphatic heterocycles. The Morgan fingerprint density at radius 1 is 1.70 bits per heavy atom. The molecule has 0 atom stereocenters. The van der Waals surface area contributed by atoms with Crippen molar-refractivity contribution in [3.05, 3.63) is 11.6 Å². The summed E-state index contributed by atoms with van der Waals surface area (Å²) in [6, 6.07) is 0. The van der Waals surface area contributed by atoms with Gasteiger partial charge in [-0.05, 0) is 17.5 Å². The third-order valence-electron chi connectivity index (χ3n) is 0.993. The molecule has 0 spiro atoms. The van der Waals surface area contributed by atoms with Crippen LogP contribution in [-0.2, 0) is 0 Å². The number of hydrogen-bond acceptors (Lipinski definition) is 3. The Balaban J connectivity index is 2.28. The summed E-state index contributed by atoms with van der Waals surface area (Å²) < 4.78 is 9.27. The lowest BCUT2D eigenvalue weighted by Gasteiger charge is -2.04. The molecule has 2 nitrogen and oxygen atoms in total. The quantitative estimate of drug-likeness (QED) is 0.671. The van der Waals surface area contributed by atoms with E-state index < -0.39 is 0 Å². The van der Waals surface area contributed by atoms with Crippen LogP contribution in [0.5, 0.6) is 5.75 Å². The van der Waals surface area contributed by atoms with Crippen molar-refractivity contribution in [2.75, 3.05) is 6.61 Å². The van der Waals surface area contributed by atoms with Gasteiger partial charge < -0.3 is 4.74 Å². The van der Waals surface area contributed by atoms with E-state index in [1.165, 1.54) is 11.5 Å². The molecule has 10 heavy (non-hydrogen) atoms. The smallest absolute Gasteiger partial charge is 0.149 e. The maximum atomic E-state index is 5.36. The van der Waals surface area contributed by atoms with Gasteiger partial charge in [-0.1, -0.05) is 13.8 Å². The van der Waals surface area contributed by atoms with Gasteiger partial charge in [0.15, 0.2) is 0 Å². The van der Waals surface area contributed by atoms with Crippen molar-refractivity contribution >= 4 is 11.5 Å². The van der Waals surface area contributed by atoms with E-state index in [-0.39, 0.29) is 0 Å². The van der Waals surface area contributed by atoms with Crippen molar-refractivity contribution in [1.82, 2.24) is 4.37 Å². The fourth-order valence-corrected chi connectivity index (χ4v) is 0.988. The van der Waals surface area contributed by atoms with Crippen molar-refractivity contribution in [1.29, 1.82) is 0 Å². The first-order chi connectivity index (χ1) is 4.79. The Bertz CT molecular complexity index is 172. The zero-order valence-corrected chi connectivity index (χ0v) is 7.02. The van der Waals surface area contributed by atoms with Crippen LogP contribution in [0.25, 0.3) is 0 Å². The molecule has 0 aliphatic carbocycles. The van der Waals surface area contributed by atoms with Crippen LogP contribution in [0, 0.1) is 5.92 Å². The summed E-state index contributed by atoms with van der Waals surface area (Å²) >= 11 is 1.42. The molecule has 0 saturated heterocycles. The van der Waals surface area contributed by atoms with Crippen LogP contribution >= 0.6 is 11.5 Å². The van der Waals surface area contributed by atoms with Gasteiger partial charge >= 0.3 is 0 Å². The fraction of sp³-hybridized carbons (Fsp3) is 0.571. The summed E-state index contributed by atoms with van der Waals surface area (Å²) in [7, 11) is 0. The lowest BCUT2D eigenvalue weighted by molar-refractivity contribution is 0.271.